The lowest BCUT2D eigenvalue weighted by Crippen LogP contribution is -2.29. The fraction of sp³-hybridized carbons (Fsp3) is 0.846. The fourth-order valence-electron chi connectivity index (χ4n) is 2.08. The Labute approximate surface area is 114 Å². The lowest BCUT2D eigenvalue weighted by Gasteiger charge is -2.29. The molecule has 0 saturated heterocycles. The van der Waals surface area contributed by atoms with Crippen LogP contribution in [0.5, 0.6) is 0 Å². The molecule has 0 aliphatic rings. The Balaban J connectivity index is 2.90. The van der Waals surface area contributed by atoms with E-state index < -0.39 is 5.97 Å². The third-order valence-corrected chi connectivity index (χ3v) is 3.23. The first-order valence-electron chi connectivity index (χ1n) is 6.84. The van der Waals surface area contributed by atoms with Crippen molar-refractivity contribution >= 4 is 5.97 Å². The molecule has 0 aliphatic heterocycles. The van der Waals surface area contributed by atoms with Gasteiger partial charge in [-0.25, -0.2) is 4.68 Å². The molecule has 0 aliphatic carbocycles. The van der Waals surface area contributed by atoms with Gasteiger partial charge >= 0.3 is 5.97 Å². The van der Waals surface area contributed by atoms with Crippen molar-refractivity contribution in [3.05, 3.63) is 5.82 Å². The molecule has 0 fully saturated rings. The molecule has 1 rings (SSSR count). The monoisotopic (exact) mass is 268 g/mol. The summed E-state index contributed by atoms with van der Waals surface area (Å²) >= 11 is 0. The molecule has 0 bridgehead atoms. The second kappa shape index (κ2) is 6.63. The Bertz CT molecular complexity index is 409. The van der Waals surface area contributed by atoms with Gasteiger partial charge in [-0.2, -0.15) is 0 Å². The summed E-state index contributed by atoms with van der Waals surface area (Å²) < 4.78 is 1.70. The van der Waals surface area contributed by atoms with E-state index in [2.05, 4.69) is 22.4 Å². The molecule has 1 aromatic rings. The van der Waals surface area contributed by atoms with Crippen molar-refractivity contribution in [1.82, 2.24) is 20.2 Å². The zero-order chi connectivity index (χ0) is 14.5. The SMILES string of the molecule is CCCCCc1nnnn1C(CC(=O)O)C(C)(C)C. The lowest BCUT2D eigenvalue weighted by molar-refractivity contribution is -0.138. The van der Waals surface area contributed by atoms with Crippen molar-refractivity contribution in [1.29, 1.82) is 0 Å². The van der Waals surface area contributed by atoms with Gasteiger partial charge in [0.15, 0.2) is 5.82 Å². The van der Waals surface area contributed by atoms with Crippen molar-refractivity contribution in [2.45, 2.75) is 65.8 Å². The third-order valence-electron chi connectivity index (χ3n) is 3.23. The molecule has 0 aromatic carbocycles. The number of hydrogen-bond donors (Lipinski definition) is 1. The molecule has 1 aromatic heterocycles. The van der Waals surface area contributed by atoms with E-state index in [1.807, 2.05) is 20.8 Å². The van der Waals surface area contributed by atoms with Crippen LogP contribution >= 0.6 is 0 Å². The summed E-state index contributed by atoms with van der Waals surface area (Å²) in [5.74, 6) is -0.0374. The van der Waals surface area contributed by atoms with Crippen LogP contribution in [-0.2, 0) is 11.2 Å². The molecule has 0 saturated carbocycles. The van der Waals surface area contributed by atoms with Crippen LogP contribution in [0, 0.1) is 5.41 Å². The predicted molar refractivity (Wildman–Crippen MR) is 71.8 cm³/mol. The van der Waals surface area contributed by atoms with Crippen LogP contribution in [0.3, 0.4) is 0 Å². The Morgan fingerprint density at radius 3 is 2.58 bits per heavy atom. The van der Waals surface area contributed by atoms with E-state index in [4.69, 9.17) is 5.11 Å². The minimum absolute atomic E-state index is 0.0370. The first kappa shape index (κ1) is 15.6. The van der Waals surface area contributed by atoms with E-state index in [1.54, 1.807) is 4.68 Å². The average Bonchev–Trinajstić information content (AvgIpc) is 2.72. The Kier molecular flexibility index (Phi) is 5.44. The second-order valence-corrected chi connectivity index (χ2v) is 5.98. The first-order valence-corrected chi connectivity index (χ1v) is 6.84. The van der Waals surface area contributed by atoms with Gasteiger partial charge < -0.3 is 5.11 Å². The molecule has 108 valence electrons. The van der Waals surface area contributed by atoms with Crippen molar-refractivity contribution in [2.75, 3.05) is 0 Å². The molecular weight excluding hydrogens is 244 g/mol. The molecule has 0 spiro atoms. The van der Waals surface area contributed by atoms with E-state index in [-0.39, 0.29) is 17.9 Å². The van der Waals surface area contributed by atoms with Crippen LogP contribution in [0.25, 0.3) is 0 Å². The quantitative estimate of drug-likeness (QED) is 0.768. The standard InChI is InChI=1S/C13H24N4O2/c1-5-6-7-8-11-14-15-16-17(11)10(9-12(18)19)13(2,3)4/h10H,5-9H2,1-4H3,(H,18,19). The first-order chi connectivity index (χ1) is 8.86. The van der Waals surface area contributed by atoms with E-state index in [0.29, 0.717) is 0 Å². The Morgan fingerprint density at radius 2 is 2.05 bits per heavy atom. The molecule has 1 unspecified atom stereocenters. The van der Waals surface area contributed by atoms with E-state index >= 15 is 0 Å². The molecule has 0 radical (unpaired) electrons. The second-order valence-electron chi connectivity index (χ2n) is 5.98. The maximum Gasteiger partial charge on any atom is 0.305 e. The number of tetrazole rings is 1. The van der Waals surface area contributed by atoms with Crippen LogP contribution < -0.4 is 0 Å². The molecule has 19 heavy (non-hydrogen) atoms. The van der Waals surface area contributed by atoms with Gasteiger partial charge in [-0.3, -0.25) is 4.79 Å². The van der Waals surface area contributed by atoms with E-state index in [1.165, 1.54) is 0 Å². The zero-order valence-electron chi connectivity index (χ0n) is 12.3. The highest BCUT2D eigenvalue weighted by Gasteiger charge is 2.31. The highest BCUT2D eigenvalue weighted by atomic mass is 16.4. The van der Waals surface area contributed by atoms with Crippen LogP contribution in [0.2, 0.25) is 0 Å². The number of carbonyl (C=O) groups is 1. The summed E-state index contributed by atoms with van der Waals surface area (Å²) in [5, 5.41) is 20.8. The molecular formula is C13H24N4O2. The minimum atomic E-state index is -0.824. The summed E-state index contributed by atoms with van der Waals surface area (Å²) in [4.78, 5) is 11.0. The number of carboxylic acids is 1. The van der Waals surface area contributed by atoms with Crippen LogP contribution in [0.15, 0.2) is 0 Å². The molecule has 6 nitrogen and oxygen atoms in total. The summed E-state index contributed by atoms with van der Waals surface area (Å²) in [6.07, 6.45) is 4.13. The highest BCUT2D eigenvalue weighted by molar-refractivity contribution is 5.67. The minimum Gasteiger partial charge on any atom is -0.481 e. The van der Waals surface area contributed by atoms with Gasteiger partial charge in [0, 0.05) is 6.42 Å². The van der Waals surface area contributed by atoms with E-state index in [9.17, 15) is 4.79 Å². The molecule has 1 heterocycles. The van der Waals surface area contributed by atoms with Crippen LogP contribution in [-0.4, -0.2) is 31.3 Å². The van der Waals surface area contributed by atoms with Gasteiger partial charge in [0.05, 0.1) is 12.5 Å². The number of aryl methyl sites for hydroxylation is 1. The van der Waals surface area contributed by atoms with Crippen molar-refractivity contribution < 1.29 is 9.90 Å². The van der Waals surface area contributed by atoms with Gasteiger partial charge in [0.25, 0.3) is 0 Å². The number of nitrogens with zero attached hydrogens (tertiary/aromatic N) is 4. The zero-order valence-corrected chi connectivity index (χ0v) is 12.3. The number of rotatable bonds is 7. The summed E-state index contributed by atoms with van der Waals surface area (Å²) in [6.45, 7) is 8.18. The molecule has 6 heteroatoms. The van der Waals surface area contributed by atoms with Crippen molar-refractivity contribution in [3.8, 4) is 0 Å². The smallest absolute Gasteiger partial charge is 0.305 e. The Hall–Kier alpha value is -1.46. The average molecular weight is 268 g/mol. The molecule has 1 atom stereocenters. The lowest BCUT2D eigenvalue weighted by atomic mass is 9.84. The van der Waals surface area contributed by atoms with Gasteiger partial charge in [-0.15, -0.1) is 5.10 Å². The van der Waals surface area contributed by atoms with Gasteiger partial charge in [0.1, 0.15) is 0 Å². The fourth-order valence-corrected chi connectivity index (χ4v) is 2.08. The maximum absolute atomic E-state index is 11.0. The summed E-state index contributed by atoms with van der Waals surface area (Å²) in [7, 11) is 0. The van der Waals surface area contributed by atoms with Crippen LogP contribution in [0.1, 0.15) is 65.2 Å². The molecule has 1 N–H and O–H groups in total. The third kappa shape index (κ3) is 4.61. The van der Waals surface area contributed by atoms with Crippen molar-refractivity contribution in [3.63, 3.8) is 0 Å². The van der Waals surface area contributed by atoms with Crippen molar-refractivity contribution in [2.24, 2.45) is 5.41 Å². The van der Waals surface area contributed by atoms with Gasteiger partial charge in [-0.05, 0) is 22.3 Å². The number of hydrogen-bond acceptors (Lipinski definition) is 4. The summed E-state index contributed by atoms with van der Waals surface area (Å²) in [6, 6.07) is -0.225. The number of aromatic nitrogens is 4. The molecule has 0 amide bonds. The Morgan fingerprint density at radius 1 is 1.37 bits per heavy atom. The maximum atomic E-state index is 11.0. The number of unbranched alkanes of at least 4 members (excludes halogenated alkanes) is 2. The highest BCUT2D eigenvalue weighted by Crippen LogP contribution is 2.33. The van der Waals surface area contributed by atoms with Crippen LogP contribution in [0.4, 0.5) is 0 Å². The summed E-state index contributed by atoms with van der Waals surface area (Å²) in [5.41, 5.74) is -0.201. The number of carboxylic acid groups (broad SMARTS) is 1. The van der Waals surface area contributed by atoms with Gasteiger partial charge in [-0.1, -0.05) is 40.5 Å². The topological polar surface area (TPSA) is 80.9 Å². The number of aliphatic carboxylic acids is 1. The van der Waals surface area contributed by atoms with Gasteiger partial charge in [0.2, 0.25) is 0 Å². The largest absolute Gasteiger partial charge is 0.481 e. The predicted octanol–water partition coefficient (Wildman–Crippen LogP) is 2.47. The van der Waals surface area contributed by atoms with E-state index in [0.717, 1.165) is 31.5 Å². The normalized spacial score (nSPS) is 13.5.